The van der Waals surface area contributed by atoms with Gasteiger partial charge in [0.05, 0.1) is 6.10 Å². The van der Waals surface area contributed by atoms with Gasteiger partial charge in [-0.25, -0.2) is 0 Å². The molecule has 2 N–H and O–H groups in total. The fourth-order valence-corrected chi connectivity index (χ4v) is 0.539. The van der Waals surface area contributed by atoms with Crippen LogP contribution in [0.4, 0.5) is 0 Å². The van der Waals surface area contributed by atoms with Gasteiger partial charge in [-0.3, -0.25) is 0 Å². The van der Waals surface area contributed by atoms with Gasteiger partial charge >= 0.3 is 0 Å². The summed E-state index contributed by atoms with van der Waals surface area (Å²) in [5.41, 5.74) is -0.903. The van der Waals surface area contributed by atoms with Gasteiger partial charge in [0, 0.05) is 6.42 Å². The fraction of sp³-hybridized carbons (Fsp3) is 1.00. The van der Waals surface area contributed by atoms with Crippen LogP contribution in [-0.2, 0) is 0 Å². The van der Waals surface area contributed by atoms with Gasteiger partial charge in [-0.15, -0.1) is 0 Å². The predicted molar refractivity (Wildman–Crippen MR) is 28.2 cm³/mol. The molecule has 0 rings (SSSR count). The highest BCUT2D eigenvalue weighted by atomic mass is 35.5. The quantitative estimate of drug-likeness (QED) is 0.521. The summed E-state index contributed by atoms with van der Waals surface area (Å²) in [6.07, 6.45) is -0.269. The Hall–Kier alpha value is 0.210. The van der Waals surface area contributed by atoms with Crippen molar-refractivity contribution in [2.24, 2.45) is 0 Å². The molecular weight excluding hydrogens is 115 g/mol. The SMILES string of the molecule is CC(O)CC(O)Cl. The summed E-state index contributed by atoms with van der Waals surface area (Å²) in [7, 11) is 0. The van der Waals surface area contributed by atoms with Crippen LogP contribution in [0.1, 0.15) is 13.3 Å². The first kappa shape index (κ1) is 7.21. The summed E-state index contributed by atoms with van der Waals surface area (Å²) in [6, 6.07) is 0. The Morgan fingerprint density at radius 1 is 1.57 bits per heavy atom. The van der Waals surface area contributed by atoms with Gasteiger partial charge in [0.25, 0.3) is 0 Å². The Morgan fingerprint density at radius 2 is 2.00 bits per heavy atom. The van der Waals surface area contributed by atoms with Crippen molar-refractivity contribution in [2.75, 3.05) is 0 Å². The van der Waals surface area contributed by atoms with Crippen molar-refractivity contribution in [1.29, 1.82) is 0 Å². The Balaban J connectivity index is 2.95. The lowest BCUT2D eigenvalue weighted by molar-refractivity contribution is 0.132. The van der Waals surface area contributed by atoms with E-state index in [-0.39, 0.29) is 6.42 Å². The average Bonchev–Trinajstić information content (AvgIpc) is 1.27. The van der Waals surface area contributed by atoms with Crippen LogP contribution in [0.5, 0.6) is 0 Å². The van der Waals surface area contributed by atoms with Crippen molar-refractivity contribution in [1.82, 2.24) is 0 Å². The number of rotatable bonds is 2. The Labute approximate surface area is 47.7 Å². The highest BCUT2D eigenvalue weighted by Crippen LogP contribution is 1.99. The zero-order chi connectivity index (χ0) is 5.86. The van der Waals surface area contributed by atoms with Gasteiger partial charge < -0.3 is 10.2 Å². The molecule has 0 aromatic carbocycles. The summed E-state index contributed by atoms with van der Waals surface area (Å²) in [4.78, 5) is 0. The molecule has 0 saturated heterocycles. The normalized spacial score (nSPS) is 18.9. The van der Waals surface area contributed by atoms with Gasteiger partial charge in [-0.1, -0.05) is 11.6 Å². The third-order valence-corrected chi connectivity index (χ3v) is 0.714. The van der Waals surface area contributed by atoms with E-state index in [1.54, 1.807) is 6.92 Å². The van der Waals surface area contributed by atoms with Crippen LogP contribution in [0.15, 0.2) is 0 Å². The second kappa shape index (κ2) is 3.24. The number of halogens is 1. The zero-order valence-corrected chi connectivity index (χ0v) is 4.89. The minimum absolute atomic E-state index is 0.238. The van der Waals surface area contributed by atoms with Crippen molar-refractivity contribution >= 4 is 11.6 Å². The van der Waals surface area contributed by atoms with E-state index in [4.69, 9.17) is 21.8 Å². The van der Waals surface area contributed by atoms with Crippen LogP contribution < -0.4 is 0 Å². The molecule has 0 aromatic heterocycles. The summed E-state index contributed by atoms with van der Waals surface area (Å²) in [5.74, 6) is 0. The van der Waals surface area contributed by atoms with Gasteiger partial charge in [-0.2, -0.15) is 0 Å². The minimum Gasteiger partial charge on any atom is -0.393 e. The third kappa shape index (κ3) is 6.21. The van der Waals surface area contributed by atoms with E-state index in [2.05, 4.69) is 0 Å². The standard InChI is InChI=1S/C4H9ClO2/c1-3(6)2-4(5)7/h3-4,6-7H,2H2,1H3. The first-order chi connectivity index (χ1) is 3.13. The largest absolute Gasteiger partial charge is 0.393 e. The lowest BCUT2D eigenvalue weighted by Gasteiger charge is -2.02. The Morgan fingerprint density at radius 3 is 2.00 bits per heavy atom. The predicted octanol–water partition coefficient (Wildman–Crippen LogP) is 0.315. The van der Waals surface area contributed by atoms with E-state index in [1.807, 2.05) is 0 Å². The number of alkyl halides is 1. The monoisotopic (exact) mass is 124 g/mol. The first-order valence-corrected chi connectivity index (χ1v) is 2.56. The molecule has 2 atom stereocenters. The van der Waals surface area contributed by atoms with Gasteiger partial charge in [-0.05, 0) is 6.92 Å². The lowest BCUT2D eigenvalue weighted by atomic mass is 10.3. The molecule has 0 amide bonds. The third-order valence-electron chi connectivity index (χ3n) is 0.536. The summed E-state index contributed by atoms with van der Waals surface area (Å²) in [6.45, 7) is 1.58. The van der Waals surface area contributed by atoms with E-state index in [0.29, 0.717) is 0 Å². The number of hydrogen-bond donors (Lipinski definition) is 2. The maximum Gasteiger partial charge on any atom is 0.130 e. The van der Waals surface area contributed by atoms with Crippen molar-refractivity contribution in [3.05, 3.63) is 0 Å². The smallest absolute Gasteiger partial charge is 0.130 e. The zero-order valence-electron chi connectivity index (χ0n) is 4.13. The first-order valence-electron chi connectivity index (χ1n) is 2.13. The Kier molecular flexibility index (Phi) is 3.34. The van der Waals surface area contributed by atoms with Crippen molar-refractivity contribution < 1.29 is 10.2 Å². The Bertz CT molecular complexity index is 39.0. The molecule has 0 fully saturated rings. The van der Waals surface area contributed by atoms with Crippen LogP contribution in [0.3, 0.4) is 0 Å². The van der Waals surface area contributed by atoms with Crippen LogP contribution in [0, 0.1) is 0 Å². The van der Waals surface area contributed by atoms with E-state index >= 15 is 0 Å². The summed E-state index contributed by atoms with van der Waals surface area (Å²) in [5, 5.41) is 16.8. The van der Waals surface area contributed by atoms with Gasteiger partial charge in [0.1, 0.15) is 5.56 Å². The molecule has 0 saturated carbocycles. The second-order valence-electron chi connectivity index (χ2n) is 1.52. The van der Waals surface area contributed by atoms with Crippen LogP contribution in [0.2, 0.25) is 0 Å². The fourth-order valence-electron chi connectivity index (χ4n) is 0.281. The van der Waals surface area contributed by atoms with Gasteiger partial charge in [0.2, 0.25) is 0 Å². The molecule has 2 unspecified atom stereocenters. The molecule has 0 spiro atoms. The molecule has 2 nitrogen and oxygen atoms in total. The molecular formula is C4H9ClO2. The molecule has 0 heterocycles. The maximum atomic E-state index is 8.48. The lowest BCUT2D eigenvalue weighted by Crippen LogP contribution is -2.07. The van der Waals surface area contributed by atoms with Crippen LogP contribution in [-0.4, -0.2) is 21.9 Å². The van der Waals surface area contributed by atoms with E-state index < -0.39 is 11.7 Å². The molecule has 0 radical (unpaired) electrons. The second-order valence-corrected chi connectivity index (χ2v) is 2.02. The highest BCUT2D eigenvalue weighted by molar-refractivity contribution is 6.19. The average molecular weight is 125 g/mol. The molecule has 0 aliphatic heterocycles. The molecule has 0 aliphatic rings. The molecule has 0 bridgehead atoms. The molecule has 44 valence electrons. The molecule has 7 heavy (non-hydrogen) atoms. The van der Waals surface area contributed by atoms with Crippen LogP contribution in [0.25, 0.3) is 0 Å². The summed E-state index contributed by atoms with van der Waals surface area (Å²) >= 11 is 5.07. The maximum absolute atomic E-state index is 8.48. The number of hydrogen-bond acceptors (Lipinski definition) is 2. The molecule has 0 aromatic rings. The number of aliphatic hydroxyl groups excluding tert-OH is 2. The topological polar surface area (TPSA) is 40.5 Å². The van der Waals surface area contributed by atoms with Crippen molar-refractivity contribution in [2.45, 2.75) is 25.0 Å². The van der Waals surface area contributed by atoms with Crippen LogP contribution >= 0.6 is 11.6 Å². The highest BCUT2D eigenvalue weighted by Gasteiger charge is 2.00. The van der Waals surface area contributed by atoms with E-state index in [0.717, 1.165) is 0 Å². The molecule has 0 aliphatic carbocycles. The molecule has 3 heteroatoms. The summed E-state index contributed by atoms with van der Waals surface area (Å²) < 4.78 is 0. The van der Waals surface area contributed by atoms with E-state index in [9.17, 15) is 0 Å². The van der Waals surface area contributed by atoms with Gasteiger partial charge in [0.15, 0.2) is 0 Å². The number of aliphatic hydroxyl groups is 2. The van der Waals surface area contributed by atoms with Crippen molar-refractivity contribution in [3.8, 4) is 0 Å². The van der Waals surface area contributed by atoms with E-state index in [1.165, 1.54) is 0 Å². The van der Waals surface area contributed by atoms with Crippen molar-refractivity contribution in [3.63, 3.8) is 0 Å². The minimum atomic E-state index is -0.903.